The Kier molecular flexibility index (Phi) is 6.92. The van der Waals surface area contributed by atoms with Gasteiger partial charge >= 0.3 is 5.97 Å². The summed E-state index contributed by atoms with van der Waals surface area (Å²) in [6.45, 7) is 6.15. The zero-order valence-corrected chi connectivity index (χ0v) is 7.95. The molecule has 3 heteroatoms. The molecule has 0 amide bonds. The third-order valence-corrected chi connectivity index (χ3v) is 1.54. The van der Waals surface area contributed by atoms with E-state index in [2.05, 4.69) is 6.58 Å². The van der Waals surface area contributed by atoms with Gasteiger partial charge in [-0.15, -0.1) is 6.58 Å². The zero-order chi connectivity index (χ0) is 10.1. The maximum atomic E-state index is 10.3. The van der Waals surface area contributed by atoms with Crippen LogP contribution in [0.5, 0.6) is 0 Å². The Hall–Kier alpha value is -1.09. The van der Waals surface area contributed by atoms with Crippen LogP contribution in [0.4, 0.5) is 0 Å². The second-order valence-electron chi connectivity index (χ2n) is 2.70. The molecule has 1 N–H and O–H groups in total. The number of aliphatic carboxylic acids is 1. The summed E-state index contributed by atoms with van der Waals surface area (Å²) < 4.78 is 5.17. The van der Waals surface area contributed by atoms with Crippen molar-refractivity contribution in [2.75, 3.05) is 13.2 Å². The first-order valence-electron chi connectivity index (χ1n) is 4.27. The van der Waals surface area contributed by atoms with E-state index in [1.165, 1.54) is 0 Å². The van der Waals surface area contributed by atoms with Gasteiger partial charge in [-0.05, 0) is 25.8 Å². The summed E-state index contributed by atoms with van der Waals surface area (Å²) in [7, 11) is 0. The van der Waals surface area contributed by atoms with Crippen molar-refractivity contribution < 1.29 is 14.6 Å². The summed E-state index contributed by atoms with van der Waals surface area (Å²) in [5, 5.41) is 8.49. The standard InChI is InChI=1S/C10H16O3/c1-3-4-5-7-13-8-6-9(2)10(11)12/h3,6H,1,4-5,7-8H2,2H3,(H,11,12). The molecule has 0 radical (unpaired) electrons. The lowest BCUT2D eigenvalue weighted by Crippen LogP contribution is -2.00. The first-order chi connectivity index (χ1) is 6.18. The fraction of sp³-hybridized carbons (Fsp3) is 0.500. The Morgan fingerprint density at radius 1 is 1.62 bits per heavy atom. The molecule has 74 valence electrons. The summed E-state index contributed by atoms with van der Waals surface area (Å²) in [4.78, 5) is 10.3. The second kappa shape index (κ2) is 7.55. The average Bonchev–Trinajstić information content (AvgIpc) is 2.10. The molecule has 0 aromatic rings. The highest BCUT2D eigenvalue weighted by Crippen LogP contribution is 1.94. The van der Waals surface area contributed by atoms with Crippen molar-refractivity contribution >= 4 is 5.97 Å². The van der Waals surface area contributed by atoms with Crippen molar-refractivity contribution in [3.8, 4) is 0 Å². The summed E-state index contributed by atoms with van der Waals surface area (Å²) in [6, 6.07) is 0. The molecule has 0 saturated carbocycles. The summed E-state index contributed by atoms with van der Waals surface area (Å²) in [6.07, 6.45) is 5.27. The van der Waals surface area contributed by atoms with E-state index in [9.17, 15) is 4.79 Å². The molecule has 0 aliphatic heterocycles. The number of hydrogen-bond donors (Lipinski definition) is 1. The molecule has 0 bridgehead atoms. The quantitative estimate of drug-likeness (QED) is 0.374. The van der Waals surface area contributed by atoms with E-state index < -0.39 is 5.97 Å². The lowest BCUT2D eigenvalue weighted by atomic mass is 10.3. The number of hydrogen-bond acceptors (Lipinski definition) is 2. The smallest absolute Gasteiger partial charge is 0.331 e. The number of carboxylic acid groups (broad SMARTS) is 1. The van der Waals surface area contributed by atoms with Gasteiger partial charge in [-0.2, -0.15) is 0 Å². The Bertz CT molecular complexity index is 194. The van der Waals surface area contributed by atoms with Crippen LogP contribution < -0.4 is 0 Å². The van der Waals surface area contributed by atoms with Crippen LogP contribution in [0.3, 0.4) is 0 Å². The molecule has 0 aromatic heterocycles. The van der Waals surface area contributed by atoms with Gasteiger partial charge in [-0.25, -0.2) is 4.79 Å². The van der Waals surface area contributed by atoms with Crippen molar-refractivity contribution in [2.45, 2.75) is 19.8 Å². The van der Waals surface area contributed by atoms with Crippen molar-refractivity contribution in [3.05, 3.63) is 24.3 Å². The summed E-state index contributed by atoms with van der Waals surface area (Å²) in [5.41, 5.74) is 0.323. The zero-order valence-electron chi connectivity index (χ0n) is 7.95. The van der Waals surface area contributed by atoms with E-state index in [-0.39, 0.29) is 0 Å². The van der Waals surface area contributed by atoms with Gasteiger partial charge in [0.2, 0.25) is 0 Å². The Morgan fingerprint density at radius 3 is 2.85 bits per heavy atom. The number of rotatable bonds is 7. The molecule has 0 atom stereocenters. The predicted octanol–water partition coefficient (Wildman–Crippen LogP) is 2.00. The van der Waals surface area contributed by atoms with E-state index in [4.69, 9.17) is 9.84 Å². The number of carboxylic acids is 1. The van der Waals surface area contributed by atoms with Crippen molar-refractivity contribution in [1.82, 2.24) is 0 Å². The van der Waals surface area contributed by atoms with E-state index >= 15 is 0 Å². The lowest BCUT2D eigenvalue weighted by molar-refractivity contribution is -0.132. The largest absolute Gasteiger partial charge is 0.478 e. The van der Waals surface area contributed by atoms with Gasteiger partial charge in [0.25, 0.3) is 0 Å². The van der Waals surface area contributed by atoms with Crippen LogP contribution in [0.1, 0.15) is 19.8 Å². The van der Waals surface area contributed by atoms with Crippen LogP contribution in [0.25, 0.3) is 0 Å². The first-order valence-corrected chi connectivity index (χ1v) is 4.27. The third-order valence-electron chi connectivity index (χ3n) is 1.54. The maximum absolute atomic E-state index is 10.3. The van der Waals surface area contributed by atoms with Gasteiger partial charge in [0.1, 0.15) is 0 Å². The normalized spacial score (nSPS) is 11.3. The lowest BCUT2D eigenvalue weighted by Gasteiger charge is -1.99. The third kappa shape index (κ3) is 7.28. The molecule has 0 fully saturated rings. The highest BCUT2D eigenvalue weighted by molar-refractivity contribution is 5.85. The molecule has 0 aromatic carbocycles. The van der Waals surface area contributed by atoms with Crippen LogP contribution in [-0.2, 0) is 9.53 Å². The number of unbranched alkanes of at least 4 members (excludes halogenated alkanes) is 1. The molecule has 0 unspecified atom stereocenters. The topological polar surface area (TPSA) is 46.5 Å². The van der Waals surface area contributed by atoms with Crippen LogP contribution in [0.15, 0.2) is 24.3 Å². The molecule has 3 nitrogen and oxygen atoms in total. The Labute approximate surface area is 78.7 Å². The van der Waals surface area contributed by atoms with Gasteiger partial charge in [0.15, 0.2) is 0 Å². The molecule has 13 heavy (non-hydrogen) atoms. The molecule has 0 saturated heterocycles. The van der Waals surface area contributed by atoms with Crippen molar-refractivity contribution in [1.29, 1.82) is 0 Å². The average molecular weight is 184 g/mol. The van der Waals surface area contributed by atoms with Crippen LogP contribution in [0, 0.1) is 0 Å². The summed E-state index contributed by atoms with van der Waals surface area (Å²) >= 11 is 0. The SMILES string of the molecule is C=CCCCOCC=C(C)C(=O)O. The van der Waals surface area contributed by atoms with E-state index in [1.54, 1.807) is 13.0 Å². The van der Waals surface area contributed by atoms with E-state index in [0.717, 1.165) is 12.8 Å². The van der Waals surface area contributed by atoms with Crippen molar-refractivity contribution in [2.24, 2.45) is 0 Å². The highest BCUT2D eigenvalue weighted by atomic mass is 16.5. The molecule has 0 aliphatic rings. The van der Waals surface area contributed by atoms with Gasteiger partial charge in [0, 0.05) is 12.2 Å². The van der Waals surface area contributed by atoms with Crippen LogP contribution in [0.2, 0.25) is 0 Å². The Morgan fingerprint density at radius 2 is 2.31 bits per heavy atom. The molecule has 0 aliphatic carbocycles. The molecular weight excluding hydrogens is 168 g/mol. The monoisotopic (exact) mass is 184 g/mol. The van der Waals surface area contributed by atoms with Crippen molar-refractivity contribution in [3.63, 3.8) is 0 Å². The maximum Gasteiger partial charge on any atom is 0.331 e. The second-order valence-corrected chi connectivity index (χ2v) is 2.70. The summed E-state index contributed by atoms with van der Waals surface area (Å²) in [5.74, 6) is -0.894. The van der Waals surface area contributed by atoms with Gasteiger partial charge in [0.05, 0.1) is 6.61 Å². The molecule has 0 spiro atoms. The minimum Gasteiger partial charge on any atom is -0.478 e. The number of ether oxygens (including phenoxy) is 1. The van der Waals surface area contributed by atoms with E-state index in [1.807, 2.05) is 6.08 Å². The van der Waals surface area contributed by atoms with Crippen LogP contribution in [-0.4, -0.2) is 24.3 Å². The van der Waals surface area contributed by atoms with Gasteiger partial charge in [-0.3, -0.25) is 0 Å². The van der Waals surface area contributed by atoms with E-state index in [0.29, 0.717) is 18.8 Å². The minimum atomic E-state index is -0.894. The molecule has 0 heterocycles. The predicted molar refractivity (Wildman–Crippen MR) is 51.6 cm³/mol. The number of carbonyl (C=O) groups is 1. The fourth-order valence-corrected chi connectivity index (χ4v) is 0.684. The Balaban J connectivity index is 3.39. The van der Waals surface area contributed by atoms with Gasteiger partial charge < -0.3 is 9.84 Å². The fourth-order valence-electron chi connectivity index (χ4n) is 0.684. The molecule has 0 rings (SSSR count). The molecular formula is C10H16O3. The number of allylic oxidation sites excluding steroid dienone is 1. The van der Waals surface area contributed by atoms with Gasteiger partial charge in [-0.1, -0.05) is 6.08 Å². The van der Waals surface area contributed by atoms with Crippen LogP contribution >= 0.6 is 0 Å². The minimum absolute atomic E-state index is 0.323. The highest BCUT2D eigenvalue weighted by Gasteiger charge is 1.97. The first kappa shape index (κ1) is 11.9.